The highest BCUT2D eigenvalue weighted by Crippen LogP contribution is 2.31. The van der Waals surface area contributed by atoms with Gasteiger partial charge in [0.25, 0.3) is 0 Å². The highest BCUT2D eigenvalue weighted by Gasteiger charge is 2.42. The average molecular weight is 374 g/mol. The number of carbonyl (C=O) groups is 2. The third-order valence-corrected chi connectivity index (χ3v) is 5.20. The molecule has 3 N–H and O–H groups in total. The van der Waals surface area contributed by atoms with Crippen molar-refractivity contribution in [1.29, 1.82) is 0 Å². The molecule has 4 rings (SSSR count). The van der Waals surface area contributed by atoms with Crippen LogP contribution in [0.3, 0.4) is 0 Å². The van der Waals surface area contributed by atoms with Gasteiger partial charge in [0.05, 0.1) is 29.4 Å². The number of fused-ring (bicyclic) bond motifs is 1. The van der Waals surface area contributed by atoms with Crippen LogP contribution in [0, 0.1) is 0 Å². The first kappa shape index (κ1) is 18.1. The average Bonchev–Trinajstić information content (AvgIpc) is 3.24. The number of nitrogens with zero attached hydrogens (tertiary/aromatic N) is 1. The number of para-hydroxylation sites is 1. The van der Waals surface area contributed by atoms with Crippen LogP contribution in [0.1, 0.15) is 12.0 Å². The van der Waals surface area contributed by atoms with Gasteiger partial charge in [-0.25, -0.2) is 0 Å². The Hall–Kier alpha value is -3.25. The molecule has 6 nitrogen and oxygen atoms in total. The summed E-state index contributed by atoms with van der Waals surface area (Å²) in [7, 11) is 0. The fourth-order valence-electron chi connectivity index (χ4n) is 3.69. The van der Waals surface area contributed by atoms with Gasteiger partial charge in [0, 0.05) is 11.9 Å². The molecule has 1 fully saturated rings. The van der Waals surface area contributed by atoms with Crippen molar-refractivity contribution in [3.05, 3.63) is 72.4 Å². The van der Waals surface area contributed by atoms with E-state index in [0.29, 0.717) is 18.7 Å². The van der Waals surface area contributed by atoms with Gasteiger partial charge in [0.15, 0.2) is 0 Å². The summed E-state index contributed by atoms with van der Waals surface area (Å²) in [5.74, 6) is -0.407. The molecule has 6 heteroatoms. The zero-order chi connectivity index (χ0) is 19.4. The molecule has 0 aliphatic carbocycles. The van der Waals surface area contributed by atoms with Crippen LogP contribution in [0.15, 0.2) is 66.9 Å². The molecular weight excluding hydrogens is 352 g/mol. The number of rotatable bonds is 5. The number of pyridine rings is 1. The third-order valence-electron chi connectivity index (χ3n) is 5.20. The number of aromatic nitrogens is 1. The molecule has 2 amide bonds. The summed E-state index contributed by atoms with van der Waals surface area (Å²) >= 11 is 0. The van der Waals surface area contributed by atoms with Crippen molar-refractivity contribution in [2.24, 2.45) is 0 Å². The van der Waals surface area contributed by atoms with Gasteiger partial charge in [-0.05, 0) is 30.7 Å². The lowest BCUT2D eigenvalue weighted by molar-refractivity contribution is -0.128. The van der Waals surface area contributed by atoms with Gasteiger partial charge in [-0.1, -0.05) is 48.5 Å². The summed E-state index contributed by atoms with van der Waals surface area (Å²) in [6.45, 7) is 1.26. The van der Waals surface area contributed by atoms with E-state index in [4.69, 9.17) is 0 Å². The molecule has 1 aliphatic rings. The smallest absolute Gasteiger partial charge is 0.243 e. The molecule has 1 aliphatic heterocycles. The Bertz CT molecular complexity index is 998. The lowest BCUT2D eigenvalue weighted by Crippen LogP contribution is -2.48. The highest BCUT2D eigenvalue weighted by molar-refractivity contribution is 5.97. The molecule has 2 aromatic carbocycles. The van der Waals surface area contributed by atoms with Crippen LogP contribution < -0.4 is 16.0 Å². The Balaban J connectivity index is 1.41. The lowest BCUT2D eigenvalue weighted by atomic mass is 9.79. The monoisotopic (exact) mass is 374 g/mol. The maximum Gasteiger partial charge on any atom is 0.243 e. The summed E-state index contributed by atoms with van der Waals surface area (Å²) in [4.78, 5) is 29.6. The zero-order valence-corrected chi connectivity index (χ0v) is 15.4. The predicted octanol–water partition coefficient (Wildman–Crippen LogP) is 2.22. The minimum atomic E-state index is -0.633. The number of nitrogens with one attached hydrogen (secondary N) is 3. The zero-order valence-electron chi connectivity index (χ0n) is 15.4. The highest BCUT2D eigenvalue weighted by atomic mass is 16.2. The summed E-state index contributed by atoms with van der Waals surface area (Å²) < 4.78 is 0. The van der Waals surface area contributed by atoms with E-state index in [1.165, 1.54) is 0 Å². The molecule has 0 saturated carbocycles. The molecule has 28 heavy (non-hydrogen) atoms. The number of carbonyl (C=O) groups excluding carboxylic acids is 2. The second-order valence-corrected chi connectivity index (χ2v) is 7.02. The van der Waals surface area contributed by atoms with Crippen molar-refractivity contribution in [1.82, 2.24) is 15.6 Å². The van der Waals surface area contributed by atoms with Gasteiger partial charge in [-0.15, -0.1) is 0 Å². The molecule has 0 spiro atoms. The fraction of sp³-hybridized carbons (Fsp3) is 0.227. The minimum Gasteiger partial charge on any atom is -0.346 e. The summed E-state index contributed by atoms with van der Waals surface area (Å²) in [6, 6.07) is 19.3. The van der Waals surface area contributed by atoms with E-state index in [1.54, 1.807) is 6.20 Å². The van der Waals surface area contributed by atoms with Gasteiger partial charge in [0.2, 0.25) is 11.8 Å². The second-order valence-electron chi connectivity index (χ2n) is 7.02. The molecule has 0 bridgehead atoms. The van der Waals surface area contributed by atoms with E-state index >= 15 is 0 Å². The quantitative estimate of drug-likeness (QED) is 0.640. The van der Waals surface area contributed by atoms with Crippen LogP contribution in [0.25, 0.3) is 10.9 Å². The van der Waals surface area contributed by atoms with Gasteiger partial charge in [0.1, 0.15) is 0 Å². The van der Waals surface area contributed by atoms with Crippen LogP contribution in [-0.2, 0) is 15.0 Å². The second kappa shape index (κ2) is 7.78. The number of hydrogen-bond acceptors (Lipinski definition) is 4. The van der Waals surface area contributed by atoms with Gasteiger partial charge >= 0.3 is 0 Å². The minimum absolute atomic E-state index is 0.0831. The molecule has 1 saturated heterocycles. The molecule has 0 radical (unpaired) electrons. The normalized spacial score (nSPS) is 18.7. The third kappa shape index (κ3) is 3.59. The largest absolute Gasteiger partial charge is 0.346 e. The van der Waals surface area contributed by atoms with Crippen molar-refractivity contribution < 1.29 is 9.59 Å². The number of anilines is 1. The molecule has 3 aromatic rings. The number of amides is 2. The SMILES string of the molecule is O=C(CNC(=O)C1(c2ccccc2)CCNC1)Nc1cnc2ccccc2c1. The topological polar surface area (TPSA) is 83.1 Å². The maximum absolute atomic E-state index is 13.0. The Morgan fingerprint density at radius 2 is 1.86 bits per heavy atom. The van der Waals surface area contributed by atoms with Gasteiger partial charge in [-0.3, -0.25) is 14.6 Å². The van der Waals surface area contributed by atoms with E-state index in [0.717, 1.165) is 23.0 Å². The molecule has 1 aromatic heterocycles. The van der Waals surface area contributed by atoms with Crippen molar-refractivity contribution in [2.75, 3.05) is 25.0 Å². The van der Waals surface area contributed by atoms with Crippen molar-refractivity contribution in [3.8, 4) is 0 Å². The van der Waals surface area contributed by atoms with Crippen molar-refractivity contribution in [3.63, 3.8) is 0 Å². The van der Waals surface area contributed by atoms with Crippen molar-refractivity contribution in [2.45, 2.75) is 11.8 Å². The van der Waals surface area contributed by atoms with Crippen LogP contribution in [0.2, 0.25) is 0 Å². The summed E-state index contributed by atoms with van der Waals surface area (Å²) in [5, 5.41) is 9.83. The summed E-state index contributed by atoms with van der Waals surface area (Å²) in [5.41, 5.74) is 1.81. The standard InChI is InChI=1S/C22H22N4O2/c27-20(26-18-12-16-6-4-5-9-19(16)24-13-18)14-25-21(28)22(10-11-23-15-22)17-7-2-1-3-8-17/h1-9,12-13,23H,10-11,14-15H2,(H,25,28)(H,26,27). The van der Waals surface area contributed by atoms with E-state index in [1.807, 2.05) is 60.7 Å². The van der Waals surface area contributed by atoms with Gasteiger partial charge in [-0.2, -0.15) is 0 Å². The van der Waals surface area contributed by atoms with Crippen molar-refractivity contribution >= 4 is 28.4 Å². The first-order valence-corrected chi connectivity index (χ1v) is 9.37. The first-order valence-electron chi connectivity index (χ1n) is 9.37. The van der Waals surface area contributed by atoms with Crippen LogP contribution in [-0.4, -0.2) is 36.4 Å². The van der Waals surface area contributed by atoms with E-state index in [9.17, 15) is 9.59 Å². The number of benzene rings is 2. The molecule has 2 heterocycles. The fourth-order valence-corrected chi connectivity index (χ4v) is 3.69. The van der Waals surface area contributed by atoms with E-state index in [-0.39, 0.29) is 18.4 Å². The molecule has 142 valence electrons. The van der Waals surface area contributed by atoms with Crippen LogP contribution in [0.4, 0.5) is 5.69 Å². The number of hydrogen-bond donors (Lipinski definition) is 3. The Kier molecular flexibility index (Phi) is 5.04. The molecule has 1 atom stereocenters. The lowest BCUT2D eigenvalue weighted by Gasteiger charge is -2.27. The van der Waals surface area contributed by atoms with E-state index in [2.05, 4.69) is 20.9 Å². The van der Waals surface area contributed by atoms with Gasteiger partial charge < -0.3 is 16.0 Å². The predicted molar refractivity (Wildman–Crippen MR) is 109 cm³/mol. The van der Waals surface area contributed by atoms with Crippen LogP contribution >= 0.6 is 0 Å². The summed E-state index contributed by atoms with van der Waals surface area (Å²) in [6.07, 6.45) is 2.33. The Morgan fingerprint density at radius 1 is 1.07 bits per heavy atom. The van der Waals surface area contributed by atoms with E-state index < -0.39 is 5.41 Å². The Labute approximate surface area is 163 Å². The molecular formula is C22H22N4O2. The Morgan fingerprint density at radius 3 is 2.64 bits per heavy atom. The first-order chi connectivity index (χ1) is 13.7. The molecule has 1 unspecified atom stereocenters. The maximum atomic E-state index is 13.0. The van der Waals surface area contributed by atoms with Crippen LogP contribution in [0.5, 0.6) is 0 Å².